The Kier molecular flexibility index (Phi) is 7.84. The first kappa shape index (κ1) is 25.8. The molecule has 0 radical (unpaired) electrons. The van der Waals surface area contributed by atoms with Crippen molar-refractivity contribution in [3.05, 3.63) is 64.5 Å². The lowest BCUT2D eigenvalue weighted by Crippen LogP contribution is -2.40. The fourth-order valence-corrected chi connectivity index (χ4v) is 5.34. The summed E-state index contributed by atoms with van der Waals surface area (Å²) in [7, 11) is 0. The number of hydrogen-bond donors (Lipinski definition) is 1. The number of ether oxygens (including phenoxy) is 1. The number of β-amino-alcohol motifs (C(OH)–C–C–N with tert-alkyl or cyclic N) is 1. The summed E-state index contributed by atoms with van der Waals surface area (Å²) in [5, 5.41) is 20.4. The second kappa shape index (κ2) is 11.3. The molecule has 3 heterocycles. The number of halogens is 1. The largest absolute Gasteiger partial charge is 0.490 e. The van der Waals surface area contributed by atoms with E-state index in [1.807, 2.05) is 37.3 Å². The van der Waals surface area contributed by atoms with Crippen molar-refractivity contribution in [2.24, 2.45) is 0 Å². The highest BCUT2D eigenvalue weighted by Gasteiger charge is 2.24. The molecule has 37 heavy (non-hydrogen) atoms. The molecule has 4 aromatic rings. The van der Waals surface area contributed by atoms with E-state index in [2.05, 4.69) is 41.1 Å². The van der Waals surface area contributed by atoms with E-state index in [1.165, 1.54) is 11.1 Å². The van der Waals surface area contributed by atoms with Crippen LogP contribution in [-0.2, 0) is 6.42 Å². The molecule has 5 rings (SSSR count). The van der Waals surface area contributed by atoms with Gasteiger partial charge in [-0.1, -0.05) is 50.6 Å². The van der Waals surface area contributed by atoms with Crippen LogP contribution in [-0.4, -0.2) is 52.5 Å². The Labute approximate surface area is 222 Å². The minimum absolute atomic E-state index is 0.203. The molecule has 1 saturated heterocycles. The standard InChI is InChI=1S/C29H34ClN3O4/c1-4-28-31-32-29(37-28)27-15-23-25(6-5-7-26(23)36-27)35-17-21(34)16-33-12-10-19(11-13-33)20-8-9-24(30)22(14-20)18(2)3/h5-9,14-15,18-19,21,34H,4,10-13,16-17H2,1-3H3/t21-/m0/s1. The van der Waals surface area contributed by atoms with Gasteiger partial charge in [0.25, 0.3) is 5.89 Å². The monoisotopic (exact) mass is 523 g/mol. The van der Waals surface area contributed by atoms with Crippen molar-refractivity contribution >= 4 is 22.6 Å². The number of piperidine rings is 1. The van der Waals surface area contributed by atoms with E-state index in [0.717, 1.165) is 36.3 Å². The number of hydrogen-bond acceptors (Lipinski definition) is 7. The SMILES string of the molecule is CCc1nnc(-c2cc3c(OC[C@@H](O)CN4CCC(c5ccc(Cl)c(C(C)C)c5)CC4)cccc3o2)o1. The van der Waals surface area contributed by atoms with Crippen LogP contribution in [0.1, 0.15) is 62.5 Å². The Morgan fingerprint density at radius 3 is 2.65 bits per heavy atom. The van der Waals surface area contributed by atoms with Gasteiger partial charge in [-0.2, -0.15) is 0 Å². The molecule has 1 aliphatic heterocycles. The molecular weight excluding hydrogens is 490 g/mol. The van der Waals surface area contributed by atoms with E-state index in [1.54, 1.807) is 0 Å². The molecule has 0 unspecified atom stereocenters. The summed E-state index contributed by atoms with van der Waals surface area (Å²) in [5.41, 5.74) is 3.26. The van der Waals surface area contributed by atoms with Gasteiger partial charge in [0.15, 0.2) is 5.76 Å². The van der Waals surface area contributed by atoms with Gasteiger partial charge in [-0.25, -0.2) is 0 Å². The van der Waals surface area contributed by atoms with Crippen LogP contribution in [0.3, 0.4) is 0 Å². The van der Waals surface area contributed by atoms with Gasteiger partial charge in [0.05, 0.1) is 5.39 Å². The fourth-order valence-electron chi connectivity index (χ4n) is 5.01. The van der Waals surface area contributed by atoms with Crippen LogP contribution < -0.4 is 4.74 Å². The number of aryl methyl sites for hydroxylation is 1. The third kappa shape index (κ3) is 5.84. The molecule has 2 aromatic carbocycles. The summed E-state index contributed by atoms with van der Waals surface area (Å²) in [4.78, 5) is 2.32. The maximum absolute atomic E-state index is 10.7. The fraction of sp³-hybridized carbons (Fsp3) is 0.448. The molecule has 196 valence electrons. The molecule has 1 fully saturated rings. The smallest absolute Gasteiger partial charge is 0.283 e. The lowest BCUT2D eigenvalue weighted by atomic mass is 9.87. The van der Waals surface area contributed by atoms with E-state index < -0.39 is 6.10 Å². The lowest BCUT2D eigenvalue weighted by molar-refractivity contribution is 0.0599. The summed E-state index contributed by atoms with van der Waals surface area (Å²) in [6, 6.07) is 13.9. The number of likely N-dealkylation sites (tertiary alicyclic amines) is 1. The molecule has 0 aliphatic carbocycles. The van der Waals surface area contributed by atoms with E-state index in [9.17, 15) is 5.11 Å². The molecule has 1 atom stereocenters. The first-order valence-corrected chi connectivity index (χ1v) is 13.5. The van der Waals surface area contributed by atoms with E-state index in [0.29, 0.717) is 53.7 Å². The number of aliphatic hydroxyl groups is 1. The number of aromatic nitrogens is 2. The van der Waals surface area contributed by atoms with Crippen LogP contribution in [0.5, 0.6) is 5.75 Å². The highest BCUT2D eigenvalue weighted by molar-refractivity contribution is 6.31. The Balaban J connectivity index is 1.15. The average molecular weight is 524 g/mol. The minimum atomic E-state index is -0.593. The molecule has 0 amide bonds. The van der Waals surface area contributed by atoms with Crippen LogP contribution in [0.15, 0.2) is 51.3 Å². The zero-order chi connectivity index (χ0) is 25.9. The number of benzene rings is 2. The maximum Gasteiger partial charge on any atom is 0.283 e. The van der Waals surface area contributed by atoms with Crippen molar-refractivity contribution in [3.63, 3.8) is 0 Å². The molecule has 2 aromatic heterocycles. The zero-order valence-electron chi connectivity index (χ0n) is 21.6. The Morgan fingerprint density at radius 2 is 1.92 bits per heavy atom. The van der Waals surface area contributed by atoms with E-state index >= 15 is 0 Å². The second-order valence-corrected chi connectivity index (χ2v) is 10.5. The zero-order valence-corrected chi connectivity index (χ0v) is 22.4. The molecule has 8 heteroatoms. The van der Waals surface area contributed by atoms with Gasteiger partial charge in [0.1, 0.15) is 24.0 Å². The van der Waals surface area contributed by atoms with Gasteiger partial charge in [-0.3, -0.25) is 0 Å². The Morgan fingerprint density at radius 1 is 1.11 bits per heavy atom. The number of furan rings is 1. The van der Waals surface area contributed by atoms with Crippen molar-refractivity contribution in [1.29, 1.82) is 0 Å². The summed E-state index contributed by atoms with van der Waals surface area (Å²) in [5.74, 6) is 3.01. The average Bonchev–Trinajstić information content (AvgIpc) is 3.55. The van der Waals surface area contributed by atoms with Gasteiger partial charge < -0.3 is 23.6 Å². The predicted molar refractivity (Wildman–Crippen MR) is 144 cm³/mol. The Hall–Kier alpha value is -2.87. The van der Waals surface area contributed by atoms with Gasteiger partial charge >= 0.3 is 0 Å². The van der Waals surface area contributed by atoms with Gasteiger partial charge in [-0.05, 0) is 67.1 Å². The normalized spacial score (nSPS) is 16.1. The molecule has 0 bridgehead atoms. The van der Waals surface area contributed by atoms with Gasteiger partial charge in [0.2, 0.25) is 5.89 Å². The first-order valence-electron chi connectivity index (χ1n) is 13.1. The molecule has 1 aliphatic rings. The van der Waals surface area contributed by atoms with Crippen molar-refractivity contribution in [2.45, 2.75) is 58.0 Å². The van der Waals surface area contributed by atoms with Crippen molar-refractivity contribution in [2.75, 3.05) is 26.2 Å². The first-order chi connectivity index (χ1) is 17.9. The van der Waals surface area contributed by atoms with Gasteiger partial charge in [0, 0.05) is 24.1 Å². The molecule has 7 nitrogen and oxygen atoms in total. The van der Waals surface area contributed by atoms with E-state index in [4.69, 9.17) is 25.2 Å². The Bertz CT molecular complexity index is 1340. The highest BCUT2D eigenvalue weighted by atomic mass is 35.5. The second-order valence-electron chi connectivity index (χ2n) is 10.1. The third-order valence-electron chi connectivity index (χ3n) is 7.10. The van der Waals surface area contributed by atoms with Crippen LogP contribution in [0.2, 0.25) is 5.02 Å². The lowest BCUT2D eigenvalue weighted by Gasteiger charge is -2.33. The van der Waals surface area contributed by atoms with E-state index in [-0.39, 0.29) is 6.61 Å². The van der Waals surface area contributed by atoms with Crippen LogP contribution in [0, 0.1) is 0 Å². The highest BCUT2D eigenvalue weighted by Crippen LogP contribution is 2.34. The van der Waals surface area contributed by atoms with Crippen LogP contribution in [0.4, 0.5) is 0 Å². The van der Waals surface area contributed by atoms with Crippen molar-refractivity contribution in [3.8, 4) is 17.4 Å². The third-order valence-corrected chi connectivity index (χ3v) is 7.45. The molecule has 0 saturated carbocycles. The van der Waals surface area contributed by atoms with Crippen molar-refractivity contribution < 1.29 is 18.7 Å². The molecule has 0 spiro atoms. The summed E-state index contributed by atoms with van der Waals surface area (Å²) in [6.45, 7) is 9.00. The summed E-state index contributed by atoms with van der Waals surface area (Å²) >= 11 is 6.39. The quantitative estimate of drug-likeness (QED) is 0.270. The number of rotatable bonds is 9. The predicted octanol–water partition coefficient (Wildman–Crippen LogP) is 6.44. The minimum Gasteiger partial charge on any atom is -0.490 e. The summed E-state index contributed by atoms with van der Waals surface area (Å²) < 4.78 is 17.5. The van der Waals surface area contributed by atoms with Crippen LogP contribution >= 0.6 is 11.6 Å². The molecular formula is C29H34ClN3O4. The van der Waals surface area contributed by atoms with Gasteiger partial charge in [-0.15, -0.1) is 10.2 Å². The molecule has 1 N–H and O–H groups in total. The summed E-state index contributed by atoms with van der Waals surface area (Å²) in [6.07, 6.45) is 2.21. The number of nitrogens with zero attached hydrogens (tertiary/aromatic N) is 3. The number of aliphatic hydroxyl groups excluding tert-OH is 1. The topological polar surface area (TPSA) is 84.8 Å². The van der Waals surface area contributed by atoms with Crippen molar-refractivity contribution in [1.82, 2.24) is 15.1 Å². The number of fused-ring (bicyclic) bond motifs is 1. The van der Waals surface area contributed by atoms with Crippen LogP contribution in [0.25, 0.3) is 22.6 Å². The maximum atomic E-state index is 10.7.